The van der Waals surface area contributed by atoms with Gasteiger partial charge in [-0.1, -0.05) is 36.8 Å². The van der Waals surface area contributed by atoms with Crippen molar-refractivity contribution < 1.29 is 5.11 Å². The Morgan fingerprint density at radius 3 is 2.48 bits per heavy atom. The highest BCUT2D eigenvalue weighted by Gasteiger charge is 2.35. The molecule has 4 atom stereocenters. The van der Waals surface area contributed by atoms with Crippen LogP contribution in [0.4, 0.5) is 0 Å². The van der Waals surface area contributed by atoms with Gasteiger partial charge in [0.25, 0.3) is 0 Å². The van der Waals surface area contributed by atoms with Crippen molar-refractivity contribution in [3.05, 3.63) is 35.9 Å². The number of likely N-dealkylation sites (tertiary alicyclic amines) is 1. The lowest BCUT2D eigenvalue weighted by atomic mass is 9.78. The Bertz CT molecular complexity index is 472. The Labute approximate surface area is 141 Å². The molecular weight excluding hydrogens is 284 g/mol. The Kier molecular flexibility index (Phi) is 5.73. The van der Waals surface area contributed by atoms with E-state index in [4.69, 9.17) is 0 Å². The molecule has 23 heavy (non-hydrogen) atoms. The molecule has 4 unspecified atom stereocenters. The van der Waals surface area contributed by atoms with Crippen LogP contribution in [0, 0.1) is 11.8 Å². The highest BCUT2D eigenvalue weighted by molar-refractivity contribution is 5.14. The maximum atomic E-state index is 10.1. The molecule has 0 aromatic heterocycles. The van der Waals surface area contributed by atoms with Gasteiger partial charge in [-0.3, -0.25) is 4.90 Å². The first-order valence-corrected chi connectivity index (χ1v) is 9.33. The summed E-state index contributed by atoms with van der Waals surface area (Å²) in [7, 11) is 0. The molecule has 0 bridgehead atoms. The van der Waals surface area contributed by atoms with Gasteiger partial charge in [-0.2, -0.15) is 0 Å². The smallest absolute Gasteiger partial charge is 0.0553 e. The average molecular weight is 316 g/mol. The average Bonchev–Trinajstić information content (AvgIpc) is 2.52. The van der Waals surface area contributed by atoms with E-state index in [0.717, 1.165) is 32.0 Å². The zero-order valence-corrected chi connectivity index (χ0v) is 14.6. The van der Waals surface area contributed by atoms with Gasteiger partial charge in [0.15, 0.2) is 0 Å². The summed E-state index contributed by atoms with van der Waals surface area (Å²) in [6, 6.07) is 11.8. The van der Waals surface area contributed by atoms with E-state index in [1.54, 1.807) is 0 Å². The minimum Gasteiger partial charge on any atom is -0.393 e. The molecule has 3 rings (SSSR count). The molecule has 1 saturated heterocycles. The minimum atomic E-state index is -0.215. The van der Waals surface area contributed by atoms with Crippen LogP contribution in [-0.4, -0.2) is 41.3 Å². The van der Waals surface area contributed by atoms with E-state index in [1.807, 2.05) is 6.92 Å². The monoisotopic (exact) mass is 316 g/mol. The number of rotatable bonds is 6. The lowest BCUT2D eigenvalue weighted by Crippen LogP contribution is -2.55. The van der Waals surface area contributed by atoms with E-state index < -0.39 is 0 Å². The largest absolute Gasteiger partial charge is 0.393 e. The molecule has 1 aromatic rings. The number of nitrogens with zero attached hydrogens (tertiary/aromatic N) is 1. The summed E-state index contributed by atoms with van der Waals surface area (Å²) in [4.78, 5) is 2.63. The predicted molar refractivity (Wildman–Crippen MR) is 95.2 cm³/mol. The number of piperidine rings is 1. The summed E-state index contributed by atoms with van der Waals surface area (Å²) in [5.41, 5.74) is 1.34. The maximum Gasteiger partial charge on any atom is 0.0553 e. The van der Waals surface area contributed by atoms with Crippen LogP contribution in [0.5, 0.6) is 0 Å². The highest BCUT2D eigenvalue weighted by atomic mass is 16.3. The van der Waals surface area contributed by atoms with Crippen LogP contribution in [0.25, 0.3) is 0 Å². The summed E-state index contributed by atoms with van der Waals surface area (Å²) < 4.78 is 0. The summed E-state index contributed by atoms with van der Waals surface area (Å²) in [6.07, 6.45) is 5.04. The number of hydrogen-bond donors (Lipinski definition) is 2. The van der Waals surface area contributed by atoms with E-state index in [2.05, 4.69) is 47.5 Å². The normalized spacial score (nSPS) is 29.0. The van der Waals surface area contributed by atoms with Crippen molar-refractivity contribution in [1.29, 1.82) is 0 Å². The molecule has 0 amide bonds. The number of nitrogens with one attached hydrogen (secondary N) is 1. The third-order valence-electron chi connectivity index (χ3n) is 6.04. The molecule has 1 heterocycles. The lowest BCUT2D eigenvalue weighted by molar-refractivity contribution is 0.00834. The maximum absolute atomic E-state index is 10.1. The lowest BCUT2D eigenvalue weighted by Gasteiger charge is -2.46. The minimum absolute atomic E-state index is 0.215. The van der Waals surface area contributed by atoms with Crippen molar-refractivity contribution in [2.75, 3.05) is 13.1 Å². The second-order valence-electron chi connectivity index (χ2n) is 7.69. The zero-order valence-electron chi connectivity index (χ0n) is 14.6. The fourth-order valence-corrected chi connectivity index (χ4v) is 4.08. The first-order chi connectivity index (χ1) is 11.1. The summed E-state index contributed by atoms with van der Waals surface area (Å²) >= 11 is 0. The zero-order chi connectivity index (χ0) is 16.2. The topological polar surface area (TPSA) is 35.5 Å². The fraction of sp³-hybridized carbons (Fsp3) is 0.700. The van der Waals surface area contributed by atoms with Gasteiger partial charge in [0.1, 0.15) is 0 Å². The summed E-state index contributed by atoms with van der Waals surface area (Å²) in [5.74, 6) is 1.26. The van der Waals surface area contributed by atoms with Gasteiger partial charge in [-0.25, -0.2) is 0 Å². The molecule has 0 spiro atoms. The van der Waals surface area contributed by atoms with Crippen LogP contribution in [0.1, 0.15) is 45.1 Å². The Balaban J connectivity index is 1.59. The van der Waals surface area contributed by atoms with E-state index in [-0.39, 0.29) is 6.10 Å². The van der Waals surface area contributed by atoms with Crippen molar-refractivity contribution in [1.82, 2.24) is 10.2 Å². The fourth-order valence-electron chi connectivity index (χ4n) is 4.08. The SMILES string of the molecule is CC(O)C1CC(NCc2ccccc2)CN(C(C)C2CCC2)C1. The number of aliphatic hydroxyl groups is 1. The van der Waals surface area contributed by atoms with Crippen molar-refractivity contribution in [3.8, 4) is 0 Å². The van der Waals surface area contributed by atoms with Crippen molar-refractivity contribution in [3.63, 3.8) is 0 Å². The number of aliphatic hydroxyl groups excluding tert-OH is 1. The van der Waals surface area contributed by atoms with Gasteiger partial charge in [-0.05, 0) is 50.5 Å². The quantitative estimate of drug-likeness (QED) is 0.847. The second kappa shape index (κ2) is 7.78. The van der Waals surface area contributed by atoms with Crippen LogP contribution in [0.15, 0.2) is 30.3 Å². The van der Waals surface area contributed by atoms with E-state index in [1.165, 1.54) is 24.8 Å². The highest BCUT2D eigenvalue weighted by Crippen LogP contribution is 2.34. The Morgan fingerprint density at radius 2 is 1.87 bits per heavy atom. The van der Waals surface area contributed by atoms with Crippen LogP contribution < -0.4 is 5.32 Å². The first kappa shape index (κ1) is 16.9. The Hall–Kier alpha value is -0.900. The third-order valence-corrected chi connectivity index (χ3v) is 6.04. The summed E-state index contributed by atoms with van der Waals surface area (Å²) in [6.45, 7) is 7.44. The van der Waals surface area contributed by atoms with Crippen LogP contribution >= 0.6 is 0 Å². The molecular formula is C20H32N2O. The molecule has 1 saturated carbocycles. The van der Waals surface area contributed by atoms with Gasteiger partial charge in [0.2, 0.25) is 0 Å². The number of benzene rings is 1. The Morgan fingerprint density at radius 1 is 1.13 bits per heavy atom. The third kappa shape index (κ3) is 4.34. The van der Waals surface area contributed by atoms with E-state index in [0.29, 0.717) is 18.0 Å². The molecule has 1 aliphatic carbocycles. The van der Waals surface area contributed by atoms with Crippen LogP contribution in [-0.2, 0) is 6.54 Å². The van der Waals surface area contributed by atoms with Crippen LogP contribution in [0.3, 0.4) is 0 Å². The molecule has 1 aromatic carbocycles. The molecule has 128 valence electrons. The second-order valence-corrected chi connectivity index (χ2v) is 7.69. The van der Waals surface area contributed by atoms with Crippen molar-refractivity contribution >= 4 is 0 Å². The van der Waals surface area contributed by atoms with Gasteiger partial charge in [0.05, 0.1) is 6.10 Å². The van der Waals surface area contributed by atoms with Gasteiger partial charge in [0, 0.05) is 31.7 Å². The van der Waals surface area contributed by atoms with Gasteiger partial charge < -0.3 is 10.4 Å². The predicted octanol–water partition coefficient (Wildman–Crippen LogP) is 3.04. The molecule has 3 heteroatoms. The van der Waals surface area contributed by atoms with Crippen molar-refractivity contribution in [2.45, 2.75) is 64.3 Å². The molecule has 2 N–H and O–H groups in total. The van der Waals surface area contributed by atoms with E-state index >= 15 is 0 Å². The standard InChI is InChI=1S/C20H32N2O/c1-15(18-9-6-10-18)22-13-19(16(2)23)11-20(14-22)21-12-17-7-4-3-5-8-17/h3-5,7-8,15-16,18-21,23H,6,9-14H2,1-2H3. The molecule has 3 nitrogen and oxygen atoms in total. The van der Waals surface area contributed by atoms with Crippen LogP contribution in [0.2, 0.25) is 0 Å². The number of hydrogen-bond acceptors (Lipinski definition) is 3. The molecule has 2 aliphatic rings. The van der Waals surface area contributed by atoms with Gasteiger partial charge in [-0.15, -0.1) is 0 Å². The molecule has 0 radical (unpaired) electrons. The first-order valence-electron chi connectivity index (χ1n) is 9.33. The van der Waals surface area contributed by atoms with E-state index in [9.17, 15) is 5.11 Å². The van der Waals surface area contributed by atoms with Crippen molar-refractivity contribution in [2.24, 2.45) is 11.8 Å². The molecule has 2 fully saturated rings. The molecule has 1 aliphatic heterocycles. The van der Waals surface area contributed by atoms with Gasteiger partial charge >= 0.3 is 0 Å². The summed E-state index contributed by atoms with van der Waals surface area (Å²) in [5, 5.41) is 13.9.